The first-order valence-corrected chi connectivity index (χ1v) is 6.00. The summed E-state index contributed by atoms with van der Waals surface area (Å²) in [5.74, 6) is -0.580. The quantitative estimate of drug-likeness (QED) is 0.849. The van der Waals surface area contributed by atoms with Crippen molar-refractivity contribution < 1.29 is 22.0 Å². The van der Waals surface area contributed by atoms with Gasteiger partial charge < -0.3 is 9.73 Å². The van der Waals surface area contributed by atoms with Crippen molar-refractivity contribution >= 4 is 0 Å². The summed E-state index contributed by atoms with van der Waals surface area (Å²) in [6.07, 6.45) is -3.17. The molecule has 1 N–H and O–H groups in total. The van der Waals surface area contributed by atoms with Gasteiger partial charge in [-0.25, -0.2) is 4.39 Å². The molecule has 108 valence electrons. The average molecular weight is 287 g/mol. The van der Waals surface area contributed by atoms with Crippen LogP contribution in [0.3, 0.4) is 0 Å². The first kappa shape index (κ1) is 14.6. The second kappa shape index (κ2) is 5.66. The number of benzene rings is 1. The Morgan fingerprint density at radius 3 is 2.60 bits per heavy atom. The topological polar surface area (TPSA) is 25.2 Å². The van der Waals surface area contributed by atoms with Gasteiger partial charge in [0.1, 0.15) is 11.6 Å². The normalized spacial score (nSPS) is 13.4. The van der Waals surface area contributed by atoms with Crippen molar-refractivity contribution in [2.24, 2.45) is 0 Å². The lowest BCUT2D eigenvalue weighted by atomic mass is 10.1. The van der Waals surface area contributed by atoms with Crippen molar-refractivity contribution in [2.45, 2.75) is 25.7 Å². The highest BCUT2D eigenvalue weighted by molar-refractivity contribution is 5.27. The Morgan fingerprint density at radius 1 is 1.25 bits per heavy atom. The molecule has 2 aromatic rings. The zero-order valence-electron chi connectivity index (χ0n) is 10.7. The first-order valence-electron chi connectivity index (χ1n) is 6.00. The summed E-state index contributed by atoms with van der Waals surface area (Å²) in [6, 6.07) is 6.32. The third-order valence-corrected chi connectivity index (χ3v) is 2.92. The zero-order chi connectivity index (χ0) is 14.8. The van der Waals surface area contributed by atoms with Gasteiger partial charge >= 0.3 is 6.18 Å². The van der Waals surface area contributed by atoms with E-state index in [9.17, 15) is 17.6 Å². The molecular weight excluding hydrogens is 274 g/mol. The van der Waals surface area contributed by atoms with Crippen molar-refractivity contribution in [3.8, 4) is 0 Å². The SMILES string of the molecule is CC(NCc1ccc(F)c(C(F)(F)F)c1)c1ccco1. The van der Waals surface area contributed by atoms with Gasteiger partial charge in [-0.05, 0) is 36.8 Å². The van der Waals surface area contributed by atoms with Crippen molar-refractivity contribution in [3.63, 3.8) is 0 Å². The molecule has 20 heavy (non-hydrogen) atoms. The molecule has 0 aliphatic heterocycles. The Kier molecular flexibility index (Phi) is 4.13. The lowest BCUT2D eigenvalue weighted by Gasteiger charge is -2.13. The number of nitrogens with one attached hydrogen (secondary N) is 1. The minimum atomic E-state index is -4.69. The van der Waals surface area contributed by atoms with Gasteiger partial charge in [0.05, 0.1) is 17.9 Å². The first-order chi connectivity index (χ1) is 9.38. The van der Waals surface area contributed by atoms with E-state index in [1.807, 2.05) is 6.92 Å². The van der Waals surface area contributed by atoms with E-state index in [0.29, 0.717) is 11.3 Å². The number of alkyl halides is 3. The molecule has 0 aliphatic carbocycles. The van der Waals surface area contributed by atoms with E-state index in [2.05, 4.69) is 5.32 Å². The molecule has 0 aliphatic rings. The number of hydrogen-bond donors (Lipinski definition) is 1. The van der Waals surface area contributed by atoms with Crippen LogP contribution >= 0.6 is 0 Å². The van der Waals surface area contributed by atoms with Crippen LogP contribution in [0.25, 0.3) is 0 Å². The number of furan rings is 1. The molecule has 0 spiro atoms. The highest BCUT2D eigenvalue weighted by atomic mass is 19.4. The third-order valence-electron chi connectivity index (χ3n) is 2.92. The van der Waals surface area contributed by atoms with E-state index in [-0.39, 0.29) is 12.6 Å². The van der Waals surface area contributed by atoms with Crippen LogP contribution in [0.1, 0.15) is 29.9 Å². The van der Waals surface area contributed by atoms with Gasteiger partial charge in [-0.1, -0.05) is 6.07 Å². The fourth-order valence-electron chi connectivity index (χ4n) is 1.81. The highest BCUT2D eigenvalue weighted by Gasteiger charge is 2.34. The van der Waals surface area contributed by atoms with Gasteiger partial charge in [0.25, 0.3) is 0 Å². The molecule has 0 amide bonds. The summed E-state index contributed by atoms with van der Waals surface area (Å²) in [7, 11) is 0. The smallest absolute Gasteiger partial charge is 0.419 e. The zero-order valence-corrected chi connectivity index (χ0v) is 10.7. The Bertz CT molecular complexity index is 563. The molecule has 6 heteroatoms. The maximum absolute atomic E-state index is 13.1. The molecule has 2 rings (SSSR count). The molecule has 0 radical (unpaired) electrons. The molecule has 0 saturated carbocycles. The predicted octanol–water partition coefficient (Wildman–Crippen LogP) is 4.29. The molecule has 0 fully saturated rings. The van der Waals surface area contributed by atoms with Crippen molar-refractivity contribution in [1.29, 1.82) is 0 Å². The maximum Gasteiger partial charge on any atom is 0.419 e. The standard InChI is InChI=1S/C14H13F4NO/c1-9(13-3-2-6-20-13)19-8-10-4-5-12(15)11(7-10)14(16,17)18/h2-7,9,19H,8H2,1H3. The Balaban J connectivity index is 2.07. The second-order valence-electron chi connectivity index (χ2n) is 4.43. The monoisotopic (exact) mass is 287 g/mol. The molecule has 1 aromatic carbocycles. The highest BCUT2D eigenvalue weighted by Crippen LogP contribution is 2.32. The summed E-state index contributed by atoms with van der Waals surface area (Å²) in [4.78, 5) is 0. The second-order valence-corrected chi connectivity index (χ2v) is 4.43. The number of hydrogen-bond acceptors (Lipinski definition) is 2. The number of rotatable bonds is 4. The van der Waals surface area contributed by atoms with E-state index in [0.717, 1.165) is 12.1 Å². The Hall–Kier alpha value is -1.82. The van der Waals surface area contributed by atoms with Gasteiger partial charge in [-0.15, -0.1) is 0 Å². The fraction of sp³-hybridized carbons (Fsp3) is 0.286. The van der Waals surface area contributed by atoms with Crippen LogP contribution in [0, 0.1) is 5.82 Å². The molecule has 1 aromatic heterocycles. The minimum absolute atomic E-state index is 0.149. The van der Waals surface area contributed by atoms with Crippen LogP contribution in [0.5, 0.6) is 0 Å². The van der Waals surface area contributed by atoms with E-state index >= 15 is 0 Å². The van der Waals surface area contributed by atoms with Crippen LogP contribution in [0.15, 0.2) is 41.0 Å². The van der Waals surface area contributed by atoms with Crippen LogP contribution in [-0.4, -0.2) is 0 Å². The summed E-state index contributed by atoms with van der Waals surface area (Å²) < 4.78 is 56.0. The largest absolute Gasteiger partial charge is 0.468 e. The van der Waals surface area contributed by atoms with Crippen molar-refractivity contribution in [2.75, 3.05) is 0 Å². The van der Waals surface area contributed by atoms with Gasteiger partial charge in [-0.2, -0.15) is 13.2 Å². The molecule has 1 unspecified atom stereocenters. The van der Waals surface area contributed by atoms with E-state index in [4.69, 9.17) is 4.42 Å². The summed E-state index contributed by atoms with van der Waals surface area (Å²) in [5, 5.41) is 3.02. The molecule has 1 heterocycles. The van der Waals surface area contributed by atoms with E-state index < -0.39 is 17.6 Å². The van der Waals surface area contributed by atoms with Crippen LogP contribution in [0.4, 0.5) is 17.6 Å². The molecular formula is C14H13F4NO. The molecule has 1 atom stereocenters. The van der Waals surface area contributed by atoms with Gasteiger partial charge in [0.15, 0.2) is 0 Å². The lowest BCUT2D eigenvalue weighted by Crippen LogP contribution is -2.18. The third kappa shape index (κ3) is 3.39. The van der Waals surface area contributed by atoms with Gasteiger partial charge in [0, 0.05) is 6.54 Å². The minimum Gasteiger partial charge on any atom is -0.468 e. The summed E-state index contributed by atoms with van der Waals surface area (Å²) in [6.45, 7) is 2.01. The Morgan fingerprint density at radius 2 is 2.00 bits per heavy atom. The van der Waals surface area contributed by atoms with Crippen molar-refractivity contribution in [1.82, 2.24) is 5.32 Å². The number of halogens is 4. The molecule has 0 saturated heterocycles. The fourth-order valence-corrected chi connectivity index (χ4v) is 1.81. The van der Waals surface area contributed by atoms with Crippen molar-refractivity contribution in [3.05, 3.63) is 59.3 Å². The van der Waals surface area contributed by atoms with E-state index in [1.165, 1.54) is 12.3 Å². The van der Waals surface area contributed by atoms with Crippen LogP contribution in [0.2, 0.25) is 0 Å². The molecule has 2 nitrogen and oxygen atoms in total. The maximum atomic E-state index is 13.1. The predicted molar refractivity (Wildman–Crippen MR) is 65.4 cm³/mol. The van der Waals surface area contributed by atoms with Crippen LogP contribution in [-0.2, 0) is 12.7 Å². The lowest BCUT2D eigenvalue weighted by molar-refractivity contribution is -0.140. The van der Waals surface area contributed by atoms with E-state index in [1.54, 1.807) is 12.1 Å². The summed E-state index contributed by atoms with van der Waals surface area (Å²) >= 11 is 0. The van der Waals surface area contributed by atoms with Crippen LogP contribution < -0.4 is 5.32 Å². The Labute approximate surface area is 113 Å². The molecule has 0 bridgehead atoms. The van der Waals surface area contributed by atoms with Gasteiger partial charge in [0.2, 0.25) is 0 Å². The van der Waals surface area contributed by atoms with Gasteiger partial charge in [-0.3, -0.25) is 0 Å². The average Bonchev–Trinajstić information content (AvgIpc) is 2.90. The summed E-state index contributed by atoms with van der Waals surface area (Å²) in [5.41, 5.74) is -0.889.